The minimum absolute atomic E-state index is 0.363. The number of piperidine rings is 1. The predicted molar refractivity (Wildman–Crippen MR) is 95.8 cm³/mol. The van der Waals surface area contributed by atoms with Crippen LogP contribution in [-0.4, -0.2) is 44.0 Å². The normalized spacial score (nSPS) is 21.9. The lowest BCUT2D eigenvalue weighted by atomic mass is 9.93. The number of amides is 1. The molecule has 0 spiro atoms. The fourth-order valence-electron chi connectivity index (χ4n) is 4.17. The van der Waals surface area contributed by atoms with Crippen LogP contribution in [0.25, 0.3) is 0 Å². The first-order valence-electron chi connectivity index (χ1n) is 9.97. The van der Waals surface area contributed by atoms with Crippen LogP contribution in [0.3, 0.4) is 0 Å². The van der Waals surface area contributed by atoms with Gasteiger partial charge < -0.3 is 10.0 Å². The second-order valence-corrected chi connectivity index (χ2v) is 7.93. The molecule has 0 aromatic carbocycles. The van der Waals surface area contributed by atoms with Crippen molar-refractivity contribution in [3.8, 4) is 0 Å². The van der Waals surface area contributed by atoms with Crippen LogP contribution in [0.5, 0.6) is 0 Å². The third kappa shape index (κ3) is 5.27. The molecule has 2 fully saturated rings. The van der Waals surface area contributed by atoms with Crippen molar-refractivity contribution in [1.29, 1.82) is 0 Å². The van der Waals surface area contributed by atoms with E-state index in [1.807, 2.05) is 10.9 Å². The first-order valence-corrected chi connectivity index (χ1v) is 9.97. The smallest absolute Gasteiger partial charge is 0.222 e. The van der Waals surface area contributed by atoms with Gasteiger partial charge in [0, 0.05) is 26.1 Å². The predicted octanol–water partition coefficient (Wildman–Crippen LogP) is 2.93. The van der Waals surface area contributed by atoms with Gasteiger partial charge in [0.25, 0.3) is 0 Å². The Bertz CT molecular complexity index is 541. The Morgan fingerprint density at radius 3 is 2.44 bits per heavy atom. The monoisotopic (exact) mass is 348 g/mol. The Labute approximate surface area is 150 Å². The average molecular weight is 348 g/mol. The fraction of sp³-hybridized carbons (Fsp3) is 0.842. The largest absolute Gasteiger partial charge is 0.387 e. The molecule has 1 aliphatic carbocycles. The number of nitrogens with zero attached hydrogens (tertiary/aromatic N) is 4. The summed E-state index contributed by atoms with van der Waals surface area (Å²) in [6.07, 6.45) is 11.8. The minimum atomic E-state index is -0.572. The van der Waals surface area contributed by atoms with Gasteiger partial charge in [-0.05, 0) is 44.4 Å². The van der Waals surface area contributed by atoms with Crippen molar-refractivity contribution in [3.63, 3.8) is 0 Å². The lowest BCUT2D eigenvalue weighted by molar-refractivity contribution is -0.133. The van der Waals surface area contributed by atoms with Crippen molar-refractivity contribution in [3.05, 3.63) is 11.9 Å². The summed E-state index contributed by atoms with van der Waals surface area (Å²) in [7, 11) is 0. The third-order valence-corrected chi connectivity index (χ3v) is 5.83. The number of carbonyl (C=O) groups excluding carboxylic acids is 1. The Balaban J connectivity index is 1.42. The molecule has 1 aromatic heterocycles. The summed E-state index contributed by atoms with van der Waals surface area (Å²) in [5, 5.41) is 17.6. The van der Waals surface area contributed by atoms with Gasteiger partial charge in [0.15, 0.2) is 0 Å². The van der Waals surface area contributed by atoms with Gasteiger partial charge in [-0.2, -0.15) is 0 Å². The quantitative estimate of drug-likeness (QED) is 0.831. The second kappa shape index (κ2) is 8.79. The zero-order valence-electron chi connectivity index (χ0n) is 15.4. The maximum atomic E-state index is 12.6. The van der Waals surface area contributed by atoms with Crippen molar-refractivity contribution in [2.75, 3.05) is 13.1 Å². The molecule has 0 bridgehead atoms. The van der Waals surface area contributed by atoms with E-state index in [9.17, 15) is 9.90 Å². The van der Waals surface area contributed by atoms with Crippen LogP contribution in [0, 0.1) is 11.8 Å². The molecule has 1 N–H and O–H groups in total. The van der Waals surface area contributed by atoms with Gasteiger partial charge in [-0.15, -0.1) is 5.10 Å². The minimum Gasteiger partial charge on any atom is -0.387 e. The molecule has 25 heavy (non-hydrogen) atoms. The van der Waals surface area contributed by atoms with E-state index in [1.54, 1.807) is 6.92 Å². The fourth-order valence-corrected chi connectivity index (χ4v) is 4.17. The molecule has 1 amide bonds. The highest BCUT2D eigenvalue weighted by Gasteiger charge is 2.25. The number of rotatable bonds is 5. The van der Waals surface area contributed by atoms with Crippen molar-refractivity contribution in [1.82, 2.24) is 19.9 Å². The molecule has 6 heteroatoms. The molecule has 140 valence electrons. The van der Waals surface area contributed by atoms with Gasteiger partial charge in [-0.3, -0.25) is 9.48 Å². The highest BCUT2D eigenvalue weighted by Crippen LogP contribution is 2.27. The summed E-state index contributed by atoms with van der Waals surface area (Å²) in [5.74, 6) is 1.51. The first-order chi connectivity index (χ1) is 12.1. The van der Waals surface area contributed by atoms with Crippen LogP contribution < -0.4 is 0 Å². The molecule has 3 rings (SSSR count). The van der Waals surface area contributed by atoms with Crippen molar-refractivity contribution in [2.45, 2.75) is 77.4 Å². The van der Waals surface area contributed by atoms with E-state index in [2.05, 4.69) is 15.2 Å². The summed E-state index contributed by atoms with van der Waals surface area (Å²) in [5.41, 5.74) is 0.621. The van der Waals surface area contributed by atoms with E-state index in [4.69, 9.17) is 0 Å². The maximum Gasteiger partial charge on any atom is 0.222 e. The SMILES string of the molecule is CC(O)c1cn(CC2CCN(C(=O)CC3CCCCCC3)CC2)nn1. The number of carbonyl (C=O) groups is 1. The van der Waals surface area contributed by atoms with E-state index in [1.165, 1.54) is 38.5 Å². The summed E-state index contributed by atoms with van der Waals surface area (Å²) >= 11 is 0. The average Bonchev–Trinajstić information content (AvgIpc) is 2.92. The molecule has 1 unspecified atom stereocenters. The van der Waals surface area contributed by atoms with Gasteiger partial charge in [0.05, 0.1) is 12.3 Å². The maximum absolute atomic E-state index is 12.6. The standard InChI is InChI=1S/C19H32N4O2/c1-15(24)18-14-23(21-20-18)13-17-8-10-22(11-9-17)19(25)12-16-6-4-2-3-5-7-16/h14-17,24H,2-13H2,1H3. The third-order valence-electron chi connectivity index (χ3n) is 5.83. The van der Waals surface area contributed by atoms with Crippen molar-refractivity contribution in [2.24, 2.45) is 11.8 Å². The number of likely N-dealkylation sites (tertiary alicyclic amines) is 1. The number of aliphatic hydroxyl groups excluding tert-OH is 1. The van der Waals surface area contributed by atoms with Crippen LogP contribution in [0.2, 0.25) is 0 Å². The molecule has 1 saturated heterocycles. The zero-order chi connectivity index (χ0) is 17.6. The van der Waals surface area contributed by atoms with Crippen LogP contribution >= 0.6 is 0 Å². The zero-order valence-corrected chi connectivity index (χ0v) is 15.4. The molecular weight excluding hydrogens is 316 g/mol. The topological polar surface area (TPSA) is 71.2 Å². The van der Waals surface area contributed by atoms with Crippen LogP contribution in [-0.2, 0) is 11.3 Å². The van der Waals surface area contributed by atoms with E-state index in [-0.39, 0.29) is 0 Å². The number of hydrogen-bond acceptors (Lipinski definition) is 4. The molecule has 1 saturated carbocycles. The van der Waals surface area contributed by atoms with Gasteiger partial charge in [-0.1, -0.05) is 30.9 Å². The van der Waals surface area contributed by atoms with Crippen molar-refractivity contribution < 1.29 is 9.90 Å². The Kier molecular flexibility index (Phi) is 6.45. The molecule has 0 radical (unpaired) electrons. The lowest BCUT2D eigenvalue weighted by Crippen LogP contribution is -2.40. The Morgan fingerprint density at radius 1 is 1.16 bits per heavy atom. The molecule has 6 nitrogen and oxygen atoms in total. The number of aromatic nitrogens is 3. The van der Waals surface area contributed by atoms with Gasteiger partial charge in [-0.25, -0.2) is 0 Å². The van der Waals surface area contributed by atoms with Crippen molar-refractivity contribution >= 4 is 5.91 Å². The summed E-state index contributed by atoms with van der Waals surface area (Å²) < 4.78 is 1.83. The highest BCUT2D eigenvalue weighted by molar-refractivity contribution is 5.76. The van der Waals surface area contributed by atoms with E-state index >= 15 is 0 Å². The lowest BCUT2D eigenvalue weighted by Gasteiger charge is -2.32. The summed E-state index contributed by atoms with van der Waals surface area (Å²) in [6.45, 7) is 4.26. The molecule has 2 heterocycles. The Hall–Kier alpha value is -1.43. The van der Waals surface area contributed by atoms with Gasteiger partial charge >= 0.3 is 0 Å². The highest BCUT2D eigenvalue weighted by atomic mass is 16.3. The summed E-state index contributed by atoms with van der Waals surface area (Å²) in [4.78, 5) is 14.7. The van der Waals surface area contributed by atoms with E-state index in [0.717, 1.165) is 38.9 Å². The molecule has 1 atom stereocenters. The molecule has 1 aliphatic heterocycles. The summed E-state index contributed by atoms with van der Waals surface area (Å²) in [6, 6.07) is 0. The van der Waals surface area contributed by atoms with Gasteiger partial charge in [0.1, 0.15) is 5.69 Å². The Morgan fingerprint density at radius 2 is 1.84 bits per heavy atom. The van der Waals surface area contributed by atoms with Crippen LogP contribution in [0.15, 0.2) is 6.20 Å². The van der Waals surface area contributed by atoms with Crippen LogP contribution in [0.4, 0.5) is 0 Å². The first kappa shape index (κ1) is 18.4. The van der Waals surface area contributed by atoms with E-state index < -0.39 is 6.10 Å². The molecule has 1 aromatic rings. The number of hydrogen-bond donors (Lipinski definition) is 1. The molecule has 2 aliphatic rings. The van der Waals surface area contributed by atoms with Gasteiger partial charge in [0.2, 0.25) is 5.91 Å². The van der Waals surface area contributed by atoms with E-state index in [0.29, 0.717) is 23.4 Å². The second-order valence-electron chi connectivity index (χ2n) is 7.93. The number of aliphatic hydroxyl groups is 1. The van der Waals surface area contributed by atoms with Crippen LogP contribution in [0.1, 0.15) is 76.5 Å². The molecular formula is C19H32N4O2.